The summed E-state index contributed by atoms with van der Waals surface area (Å²) in [7, 11) is 0. The van der Waals surface area contributed by atoms with Gasteiger partial charge >= 0.3 is 0 Å². The topological polar surface area (TPSA) is 38.3 Å². The Kier molecular flexibility index (Phi) is 5.05. The molecule has 0 radical (unpaired) electrons. The van der Waals surface area contributed by atoms with Crippen LogP contribution in [0, 0.1) is 5.92 Å². The van der Waals surface area contributed by atoms with Crippen molar-refractivity contribution in [1.82, 2.24) is 5.32 Å². The lowest BCUT2D eigenvalue weighted by Gasteiger charge is -2.21. The van der Waals surface area contributed by atoms with Crippen molar-refractivity contribution in [3.05, 3.63) is 29.8 Å². The van der Waals surface area contributed by atoms with E-state index in [0.717, 1.165) is 24.2 Å². The van der Waals surface area contributed by atoms with Crippen molar-refractivity contribution in [3.8, 4) is 5.75 Å². The monoisotopic (exact) mass is 275 g/mol. The number of carbonyl (C=O) groups excluding carboxylic acids is 1. The van der Waals surface area contributed by atoms with E-state index in [4.69, 9.17) is 4.74 Å². The smallest absolute Gasteiger partial charge is 0.223 e. The maximum Gasteiger partial charge on any atom is 0.223 e. The molecule has 1 saturated carbocycles. The number of hydrogen-bond acceptors (Lipinski definition) is 2. The third-order valence-electron chi connectivity index (χ3n) is 3.83. The number of amides is 1. The third kappa shape index (κ3) is 3.75. The van der Waals surface area contributed by atoms with Crippen LogP contribution < -0.4 is 10.1 Å². The molecule has 1 aromatic carbocycles. The zero-order chi connectivity index (χ0) is 14.5. The molecule has 0 bridgehead atoms. The minimum absolute atomic E-state index is 0.0157. The second-order valence-corrected chi connectivity index (χ2v) is 5.92. The van der Waals surface area contributed by atoms with E-state index in [-0.39, 0.29) is 24.0 Å². The van der Waals surface area contributed by atoms with Gasteiger partial charge in [0.05, 0.1) is 12.1 Å². The maximum absolute atomic E-state index is 12.2. The van der Waals surface area contributed by atoms with Gasteiger partial charge in [-0.15, -0.1) is 0 Å². The lowest BCUT2D eigenvalue weighted by Crippen LogP contribution is -2.31. The highest BCUT2D eigenvalue weighted by atomic mass is 16.5. The Morgan fingerprint density at radius 1 is 1.20 bits per heavy atom. The van der Waals surface area contributed by atoms with Crippen molar-refractivity contribution in [1.29, 1.82) is 0 Å². The van der Waals surface area contributed by atoms with Gasteiger partial charge in [0.2, 0.25) is 5.91 Å². The molecule has 0 saturated heterocycles. The Balaban J connectivity index is 2.04. The first-order valence-electron chi connectivity index (χ1n) is 7.64. The molecule has 0 unspecified atom stereocenters. The summed E-state index contributed by atoms with van der Waals surface area (Å²) in [6.07, 6.45) is 4.55. The molecule has 1 aliphatic carbocycles. The number of nitrogens with one attached hydrogen (secondary N) is 1. The molecular weight excluding hydrogens is 250 g/mol. The first kappa shape index (κ1) is 14.9. The Hall–Kier alpha value is -1.51. The minimum Gasteiger partial charge on any atom is -0.491 e. The predicted octanol–water partition coefficient (Wildman–Crippen LogP) is 3.84. The Morgan fingerprint density at radius 2 is 1.85 bits per heavy atom. The van der Waals surface area contributed by atoms with Crippen LogP contribution in [0.3, 0.4) is 0 Å². The van der Waals surface area contributed by atoms with E-state index in [1.54, 1.807) is 0 Å². The molecule has 1 N–H and O–H groups in total. The number of hydrogen-bond donors (Lipinski definition) is 1. The molecule has 0 spiro atoms. The van der Waals surface area contributed by atoms with Crippen molar-refractivity contribution in [2.45, 2.75) is 58.6 Å². The molecule has 0 heterocycles. The average Bonchev–Trinajstić information content (AvgIpc) is 2.92. The zero-order valence-electron chi connectivity index (χ0n) is 12.7. The van der Waals surface area contributed by atoms with E-state index in [1.807, 2.05) is 45.0 Å². The van der Waals surface area contributed by atoms with E-state index < -0.39 is 0 Å². The summed E-state index contributed by atoms with van der Waals surface area (Å²) < 4.78 is 5.82. The van der Waals surface area contributed by atoms with Gasteiger partial charge in [-0.05, 0) is 39.7 Å². The van der Waals surface area contributed by atoms with Crippen LogP contribution in [0.2, 0.25) is 0 Å². The molecule has 1 aliphatic rings. The van der Waals surface area contributed by atoms with Gasteiger partial charge in [0.15, 0.2) is 0 Å². The average molecular weight is 275 g/mol. The van der Waals surface area contributed by atoms with E-state index in [0.29, 0.717) is 0 Å². The van der Waals surface area contributed by atoms with Crippen molar-refractivity contribution in [2.24, 2.45) is 5.92 Å². The molecule has 0 aromatic heterocycles. The zero-order valence-corrected chi connectivity index (χ0v) is 12.7. The lowest BCUT2D eigenvalue weighted by atomic mass is 10.0. The number of ether oxygens (including phenoxy) is 1. The van der Waals surface area contributed by atoms with Gasteiger partial charge in [-0.3, -0.25) is 4.79 Å². The molecule has 0 aliphatic heterocycles. The van der Waals surface area contributed by atoms with Crippen molar-refractivity contribution in [3.63, 3.8) is 0 Å². The number of benzene rings is 1. The van der Waals surface area contributed by atoms with E-state index >= 15 is 0 Å². The third-order valence-corrected chi connectivity index (χ3v) is 3.83. The predicted molar refractivity (Wildman–Crippen MR) is 80.7 cm³/mol. The van der Waals surface area contributed by atoms with Crippen LogP contribution in [0.4, 0.5) is 0 Å². The summed E-state index contributed by atoms with van der Waals surface area (Å²) in [6.45, 7) is 6.05. The van der Waals surface area contributed by atoms with Crippen LogP contribution in [0.25, 0.3) is 0 Å². The number of para-hydroxylation sites is 1. The molecule has 1 atom stereocenters. The summed E-state index contributed by atoms with van der Waals surface area (Å²) in [4.78, 5) is 12.2. The number of carbonyl (C=O) groups is 1. The van der Waals surface area contributed by atoms with Crippen LogP contribution in [0.5, 0.6) is 5.75 Å². The molecule has 1 amide bonds. The van der Waals surface area contributed by atoms with Gasteiger partial charge in [0.1, 0.15) is 5.75 Å². The van der Waals surface area contributed by atoms with Crippen molar-refractivity contribution in [2.75, 3.05) is 0 Å². The van der Waals surface area contributed by atoms with Crippen LogP contribution in [-0.2, 0) is 4.79 Å². The Labute approximate surface area is 121 Å². The summed E-state index contributed by atoms with van der Waals surface area (Å²) in [5.74, 6) is 1.26. The van der Waals surface area contributed by atoms with Gasteiger partial charge in [-0.1, -0.05) is 31.0 Å². The second kappa shape index (κ2) is 6.78. The largest absolute Gasteiger partial charge is 0.491 e. The van der Waals surface area contributed by atoms with Gasteiger partial charge in [-0.2, -0.15) is 0 Å². The molecule has 20 heavy (non-hydrogen) atoms. The highest BCUT2D eigenvalue weighted by Crippen LogP contribution is 2.28. The van der Waals surface area contributed by atoms with Crippen molar-refractivity contribution >= 4 is 5.91 Å². The summed E-state index contributed by atoms with van der Waals surface area (Å²) in [5, 5.41) is 3.13. The van der Waals surface area contributed by atoms with Gasteiger partial charge in [0.25, 0.3) is 0 Å². The normalized spacial score (nSPS) is 17.2. The van der Waals surface area contributed by atoms with Crippen LogP contribution >= 0.6 is 0 Å². The Bertz CT molecular complexity index is 450. The van der Waals surface area contributed by atoms with Crippen LogP contribution in [0.1, 0.15) is 58.1 Å². The SMILES string of the molecule is CC(C)Oc1ccccc1[C@H](C)NC(=O)C1CCCC1. The standard InChI is InChI=1S/C17H25NO2/c1-12(2)20-16-11-7-6-10-15(16)13(3)18-17(19)14-8-4-5-9-14/h6-7,10-14H,4-5,8-9H2,1-3H3,(H,18,19)/t13-/m0/s1. The summed E-state index contributed by atoms with van der Waals surface area (Å²) in [6, 6.07) is 7.93. The number of rotatable bonds is 5. The van der Waals surface area contributed by atoms with Gasteiger partial charge in [0, 0.05) is 11.5 Å². The van der Waals surface area contributed by atoms with Gasteiger partial charge < -0.3 is 10.1 Å². The molecule has 110 valence electrons. The fraction of sp³-hybridized carbons (Fsp3) is 0.588. The van der Waals surface area contributed by atoms with Gasteiger partial charge in [-0.25, -0.2) is 0 Å². The molecule has 3 nitrogen and oxygen atoms in total. The molecule has 3 heteroatoms. The first-order valence-corrected chi connectivity index (χ1v) is 7.64. The first-order chi connectivity index (χ1) is 9.58. The Morgan fingerprint density at radius 3 is 2.50 bits per heavy atom. The fourth-order valence-electron chi connectivity index (χ4n) is 2.80. The highest BCUT2D eigenvalue weighted by Gasteiger charge is 2.24. The summed E-state index contributed by atoms with van der Waals surface area (Å²) in [5.41, 5.74) is 1.05. The van der Waals surface area contributed by atoms with Crippen LogP contribution in [0.15, 0.2) is 24.3 Å². The molecule has 2 rings (SSSR count). The van der Waals surface area contributed by atoms with Crippen molar-refractivity contribution < 1.29 is 9.53 Å². The van der Waals surface area contributed by atoms with E-state index in [2.05, 4.69) is 5.32 Å². The molecular formula is C17H25NO2. The minimum atomic E-state index is -0.0157. The lowest BCUT2D eigenvalue weighted by molar-refractivity contribution is -0.125. The van der Waals surface area contributed by atoms with E-state index in [1.165, 1.54) is 12.8 Å². The van der Waals surface area contributed by atoms with E-state index in [9.17, 15) is 4.79 Å². The quantitative estimate of drug-likeness (QED) is 0.886. The van der Waals surface area contributed by atoms with Crippen LogP contribution in [-0.4, -0.2) is 12.0 Å². The highest BCUT2D eigenvalue weighted by molar-refractivity contribution is 5.79. The summed E-state index contributed by atoms with van der Waals surface area (Å²) >= 11 is 0. The molecule has 1 fully saturated rings. The molecule has 1 aromatic rings. The maximum atomic E-state index is 12.2. The second-order valence-electron chi connectivity index (χ2n) is 5.92. The fourth-order valence-corrected chi connectivity index (χ4v) is 2.80.